The topological polar surface area (TPSA) is 51.5 Å². The number of hydrogen-bond acceptors (Lipinski definition) is 3. The van der Waals surface area contributed by atoms with Crippen LogP contribution in [0.4, 0.5) is 0 Å². The number of likely N-dealkylation sites (tertiary alicyclic amines) is 1. The highest BCUT2D eigenvalue weighted by Crippen LogP contribution is 2.13. The van der Waals surface area contributed by atoms with Crippen LogP contribution >= 0.6 is 0 Å². The van der Waals surface area contributed by atoms with Gasteiger partial charge >= 0.3 is 5.97 Å². The van der Waals surface area contributed by atoms with E-state index in [1.165, 1.54) is 0 Å². The molecule has 5 nitrogen and oxygen atoms in total. The standard InChI is InChI=1S/C19H22N2O3/c22-18(21-12-3-1-2-4-13-21)15-24-19(23)16-8-7-9-17(14-16)20-10-5-6-11-20/h5-11,14H,1-4,12-13,15H2. The summed E-state index contributed by atoms with van der Waals surface area (Å²) in [5.74, 6) is -0.570. The Morgan fingerprint density at radius 1 is 0.958 bits per heavy atom. The predicted octanol–water partition coefficient (Wildman–Crippen LogP) is 3.04. The van der Waals surface area contributed by atoms with Crippen molar-refractivity contribution in [3.63, 3.8) is 0 Å². The van der Waals surface area contributed by atoms with Gasteiger partial charge < -0.3 is 14.2 Å². The summed E-state index contributed by atoms with van der Waals surface area (Å²) in [5, 5.41) is 0. The van der Waals surface area contributed by atoms with E-state index in [1.54, 1.807) is 17.0 Å². The molecule has 0 spiro atoms. The van der Waals surface area contributed by atoms with Crippen molar-refractivity contribution < 1.29 is 14.3 Å². The number of esters is 1. The van der Waals surface area contributed by atoms with E-state index in [0.29, 0.717) is 5.56 Å². The fourth-order valence-electron chi connectivity index (χ4n) is 2.92. The van der Waals surface area contributed by atoms with E-state index in [-0.39, 0.29) is 12.5 Å². The van der Waals surface area contributed by atoms with Gasteiger partial charge in [0.15, 0.2) is 6.61 Å². The maximum absolute atomic E-state index is 12.2. The first kappa shape index (κ1) is 16.3. The van der Waals surface area contributed by atoms with E-state index in [0.717, 1.165) is 44.5 Å². The third kappa shape index (κ3) is 4.04. The number of amides is 1. The van der Waals surface area contributed by atoms with Crippen molar-refractivity contribution in [1.29, 1.82) is 0 Å². The number of carbonyl (C=O) groups excluding carboxylic acids is 2. The maximum atomic E-state index is 12.2. The molecule has 2 aromatic rings. The molecule has 1 aliphatic rings. The second-order valence-corrected chi connectivity index (χ2v) is 6.01. The van der Waals surface area contributed by atoms with Gasteiger partial charge in [-0.2, -0.15) is 0 Å². The first-order valence-corrected chi connectivity index (χ1v) is 8.42. The molecule has 2 heterocycles. The lowest BCUT2D eigenvalue weighted by Gasteiger charge is -2.19. The Kier molecular flexibility index (Phi) is 5.31. The molecular formula is C19H22N2O3. The van der Waals surface area contributed by atoms with Crippen LogP contribution in [0.5, 0.6) is 0 Å². The first-order chi connectivity index (χ1) is 11.7. The van der Waals surface area contributed by atoms with Crippen LogP contribution in [0.15, 0.2) is 48.8 Å². The third-order valence-electron chi connectivity index (χ3n) is 4.27. The van der Waals surface area contributed by atoms with Crippen molar-refractivity contribution in [3.05, 3.63) is 54.4 Å². The van der Waals surface area contributed by atoms with E-state index in [4.69, 9.17) is 4.74 Å². The van der Waals surface area contributed by atoms with Crippen LogP contribution < -0.4 is 0 Å². The zero-order valence-corrected chi connectivity index (χ0v) is 13.7. The highest BCUT2D eigenvalue weighted by molar-refractivity contribution is 5.91. The summed E-state index contributed by atoms with van der Waals surface area (Å²) in [4.78, 5) is 26.2. The van der Waals surface area contributed by atoms with Gasteiger partial charge in [-0.25, -0.2) is 4.79 Å². The molecular weight excluding hydrogens is 304 g/mol. The Morgan fingerprint density at radius 3 is 2.38 bits per heavy atom. The van der Waals surface area contributed by atoms with Crippen LogP contribution in [0.2, 0.25) is 0 Å². The van der Waals surface area contributed by atoms with Gasteiger partial charge in [0.25, 0.3) is 5.91 Å². The maximum Gasteiger partial charge on any atom is 0.338 e. The van der Waals surface area contributed by atoms with Crippen LogP contribution in [0.1, 0.15) is 36.0 Å². The highest BCUT2D eigenvalue weighted by Gasteiger charge is 2.18. The number of hydrogen-bond donors (Lipinski definition) is 0. The van der Waals surface area contributed by atoms with Gasteiger partial charge in [-0.3, -0.25) is 4.79 Å². The molecule has 24 heavy (non-hydrogen) atoms. The molecule has 1 aliphatic heterocycles. The monoisotopic (exact) mass is 326 g/mol. The number of nitrogens with zero attached hydrogens (tertiary/aromatic N) is 2. The normalized spacial score (nSPS) is 14.9. The molecule has 126 valence electrons. The van der Waals surface area contributed by atoms with Crippen LogP contribution in [-0.2, 0) is 9.53 Å². The summed E-state index contributed by atoms with van der Waals surface area (Å²) < 4.78 is 7.13. The summed E-state index contributed by atoms with van der Waals surface area (Å²) in [6.45, 7) is 1.34. The Hall–Kier alpha value is -2.56. The highest BCUT2D eigenvalue weighted by atomic mass is 16.5. The summed E-state index contributed by atoms with van der Waals surface area (Å²) in [5.41, 5.74) is 1.33. The van der Waals surface area contributed by atoms with Crippen molar-refractivity contribution in [2.24, 2.45) is 0 Å². The molecule has 0 N–H and O–H groups in total. The van der Waals surface area contributed by atoms with Gasteiger partial charge in [-0.1, -0.05) is 18.9 Å². The number of ether oxygens (including phenoxy) is 1. The molecule has 1 fully saturated rings. The fraction of sp³-hybridized carbons (Fsp3) is 0.368. The average Bonchev–Trinajstić information content (AvgIpc) is 3.02. The minimum atomic E-state index is -0.466. The Labute approximate surface area is 141 Å². The van der Waals surface area contributed by atoms with E-state index < -0.39 is 5.97 Å². The van der Waals surface area contributed by atoms with Crippen molar-refractivity contribution >= 4 is 11.9 Å². The molecule has 1 aromatic carbocycles. The van der Waals surface area contributed by atoms with Crippen LogP contribution in [0.3, 0.4) is 0 Å². The molecule has 0 radical (unpaired) electrons. The Bertz CT molecular complexity index is 686. The molecule has 0 unspecified atom stereocenters. The smallest absolute Gasteiger partial charge is 0.338 e. The van der Waals surface area contributed by atoms with Crippen molar-refractivity contribution in [2.75, 3.05) is 19.7 Å². The number of benzene rings is 1. The lowest BCUT2D eigenvalue weighted by atomic mass is 10.2. The van der Waals surface area contributed by atoms with Gasteiger partial charge in [0, 0.05) is 31.2 Å². The Morgan fingerprint density at radius 2 is 1.67 bits per heavy atom. The van der Waals surface area contributed by atoms with Gasteiger partial charge in [0.2, 0.25) is 0 Å². The quantitative estimate of drug-likeness (QED) is 0.812. The Balaban J connectivity index is 1.59. The number of aromatic nitrogens is 1. The molecule has 0 atom stereocenters. The minimum absolute atomic E-state index is 0.105. The molecule has 0 saturated carbocycles. The second-order valence-electron chi connectivity index (χ2n) is 6.01. The molecule has 3 rings (SSSR count). The second kappa shape index (κ2) is 7.81. The average molecular weight is 326 g/mol. The third-order valence-corrected chi connectivity index (χ3v) is 4.27. The van der Waals surface area contributed by atoms with Gasteiger partial charge in [0.1, 0.15) is 0 Å². The first-order valence-electron chi connectivity index (χ1n) is 8.42. The lowest BCUT2D eigenvalue weighted by molar-refractivity contribution is -0.134. The SMILES string of the molecule is O=C(OCC(=O)N1CCCCCC1)c1cccc(-n2cccc2)c1. The van der Waals surface area contributed by atoms with E-state index in [1.807, 2.05) is 41.2 Å². The van der Waals surface area contributed by atoms with Crippen LogP contribution in [0, 0.1) is 0 Å². The molecule has 5 heteroatoms. The molecule has 1 amide bonds. The summed E-state index contributed by atoms with van der Waals surface area (Å²) in [6, 6.07) is 11.0. The van der Waals surface area contributed by atoms with Crippen LogP contribution in [-0.4, -0.2) is 41.0 Å². The molecule has 1 aromatic heterocycles. The van der Waals surface area contributed by atoms with Gasteiger partial charge in [-0.15, -0.1) is 0 Å². The van der Waals surface area contributed by atoms with E-state index in [2.05, 4.69) is 0 Å². The molecule has 0 bridgehead atoms. The van der Waals surface area contributed by atoms with Crippen molar-refractivity contribution in [1.82, 2.24) is 9.47 Å². The fourth-order valence-corrected chi connectivity index (χ4v) is 2.92. The summed E-state index contributed by atoms with van der Waals surface area (Å²) in [6.07, 6.45) is 8.20. The van der Waals surface area contributed by atoms with E-state index in [9.17, 15) is 9.59 Å². The van der Waals surface area contributed by atoms with Gasteiger partial charge in [-0.05, 0) is 43.2 Å². The van der Waals surface area contributed by atoms with Crippen molar-refractivity contribution in [2.45, 2.75) is 25.7 Å². The lowest BCUT2D eigenvalue weighted by Crippen LogP contribution is -2.35. The van der Waals surface area contributed by atoms with Gasteiger partial charge in [0.05, 0.1) is 5.56 Å². The molecule has 0 aliphatic carbocycles. The van der Waals surface area contributed by atoms with E-state index >= 15 is 0 Å². The van der Waals surface area contributed by atoms with Crippen LogP contribution in [0.25, 0.3) is 5.69 Å². The number of carbonyl (C=O) groups is 2. The number of rotatable bonds is 4. The predicted molar refractivity (Wildman–Crippen MR) is 91.1 cm³/mol. The molecule has 1 saturated heterocycles. The zero-order chi connectivity index (χ0) is 16.8. The minimum Gasteiger partial charge on any atom is -0.452 e. The largest absolute Gasteiger partial charge is 0.452 e. The van der Waals surface area contributed by atoms with Crippen molar-refractivity contribution in [3.8, 4) is 5.69 Å². The summed E-state index contributed by atoms with van der Waals surface area (Å²) in [7, 11) is 0. The zero-order valence-electron chi connectivity index (χ0n) is 13.7. The summed E-state index contributed by atoms with van der Waals surface area (Å²) >= 11 is 0.